The van der Waals surface area contributed by atoms with Gasteiger partial charge in [0.2, 0.25) is 0 Å². The maximum Gasteiger partial charge on any atom is 0.275 e. The number of benzene rings is 2. The number of hydrogen-bond acceptors (Lipinski definition) is 7. The van der Waals surface area contributed by atoms with Crippen molar-refractivity contribution in [3.63, 3.8) is 0 Å². The molecule has 1 amide bonds. The highest BCUT2D eigenvalue weighted by Crippen LogP contribution is 2.41. The predicted molar refractivity (Wildman–Crippen MR) is 166 cm³/mol. The number of ether oxygens (including phenoxy) is 1. The molecule has 1 aromatic heterocycles. The lowest BCUT2D eigenvalue weighted by Gasteiger charge is -2.42. The van der Waals surface area contributed by atoms with E-state index in [2.05, 4.69) is 17.4 Å². The molecule has 3 aliphatic rings. The number of carbonyl (C=O) groups is 1. The van der Waals surface area contributed by atoms with E-state index in [1.165, 1.54) is 5.56 Å². The van der Waals surface area contributed by atoms with Crippen molar-refractivity contribution in [2.24, 2.45) is 0 Å². The predicted octanol–water partition coefficient (Wildman–Crippen LogP) is 3.65. The number of imidazole rings is 1. The molecular formula is C33H42N4O5S. The lowest BCUT2D eigenvalue weighted by atomic mass is 9.80. The summed E-state index contributed by atoms with van der Waals surface area (Å²) in [6, 6.07) is 19.8. The van der Waals surface area contributed by atoms with Crippen molar-refractivity contribution in [2.45, 2.75) is 68.7 Å². The van der Waals surface area contributed by atoms with Crippen molar-refractivity contribution in [1.29, 1.82) is 0 Å². The van der Waals surface area contributed by atoms with Crippen molar-refractivity contribution in [3.8, 4) is 11.3 Å². The molecule has 230 valence electrons. The normalized spacial score (nSPS) is 26.3. The van der Waals surface area contributed by atoms with E-state index in [-0.39, 0.29) is 42.2 Å². The molecule has 2 aliphatic heterocycles. The topological polar surface area (TPSA) is 114 Å². The summed E-state index contributed by atoms with van der Waals surface area (Å²) in [6.07, 6.45) is 6.31. The number of hydrogen-bond donors (Lipinski definition) is 2. The van der Waals surface area contributed by atoms with Crippen molar-refractivity contribution in [2.75, 3.05) is 37.7 Å². The number of nitrogens with one attached hydrogen (secondary N) is 1. The van der Waals surface area contributed by atoms with E-state index in [0.29, 0.717) is 38.0 Å². The maximum absolute atomic E-state index is 14.3. The van der Waals surface area contributed by atoms with Gasteiger partial charge in [-0.2, -0.15) is 0 Å². The molecule has 0 spiro atoms. The quantitative estimate of drug-likeness (QED) is 0.403. The monoisotopic (exact) mass is 606 g/mol. The van der Waals surface area contributed by atoms with Crippen LogP contribution in [-0.4, -0.2) is 89.4 Å². The first-order valence-electron chi connectivity index (χ1n) is 15.6. The van der Waals surface area contributed by atoms with Gasteiger partial charge in [0.15, 0.2) is 15.5 Å². The van der Waals surface area contributed by atoms with Crippen LogP contribution in [0, 0.1) is 0 Å². The standard InChI is InChI=1S/C33H42N4O5S/c38-32(36-18-17-34-22-27(36)21-25-9-3-1-4-10-25)30-31(26-11-5-2-6-12-26)37(24-35-30)29-13-7-8-16-33(29,39)23-42-28-14-19-43(40,41)20-15-28/h1-6,9-12,24,27-29,34,39H,7-8,13-23H2/t27-,29+,33+/m1/s1. The molecule has 10 heteroatoms. The van der Waals surface area contributed by atoms with Crippen molar-refractivity contribution in [1.82, 2.24) is 19.8 Å². The highest BCUT2D eigenvalue weighted by Gasteiger charge is 2.43. The number of nitrogens with zero attached hydrogens (tertiary/aromatic N) is 3. The molecule has 0 unspecified atom stereocenters. The Labute approximate surface area is 254 Å². The molecule has 0 radical (unpaired) electrons. The largest absolute Gasteiger partial charge is 0.385 e. The fourth-order valence-corrected chi connectivity index (χ4v) is 8.38. The molecule has 6 rings (SSSR count). The fraction of sp³-hybridized carbons (Fsp3) is 0.515. The lowest BCUT2D eigenvalue weighted by molar-refractivity contribution is -0.117. The molecule has 2 N–H and O–H groups in total. The zero-order valence-corrected chi connectivity index (χ0v) is 25.4. The van der Waals surface area contributed by atoms with E-state index < -0.39 is 15.4 Å². The molecule has 0 bridgehead atoms. The molecule has 3 fully saturated rings. The molecular weight excluding hydrogens is 564 g/mol. The minimum atomic E-state index is -3.00. The van der Waals surface area contributed by atoms with Gasteiger partial charge in [-0.05, 0) is 37.7 Å². The van der Waals surface area contributed by atoms with Crippen LogP contribution in [0.2, 0.25) is 0 Å². The van der Waals surface area contributed by atoms with Gasteiger partial charge in [-0.1, -0.05) is 73.5 Å². The van der Waals surface area contributed by atoms with Crippen LogP contribution >= 0.6 is 0 Å². The van der Waals surface area contributed by atoms with Gasteiger partial charge < -0.3 is 24.6 Å². The van der Waals surface area contributed by atoms with E-state index in [0.717, 1.165) is 43.5 Å². The number of aromatic nitrogens is 2. The smallest absolute Gasteiger partial charge is 0.275 e. The van der Waals surface area contributed by atoms with Crippen LogP contribution in [0.5, 0.6) is 0 Å². The van der Waals surface area contributed by atoms with Gasteiger partial charge in [0, 0.05) is 31.2 Å². The Hall–Kier alpha value is -3.05. The Morgan fingerprint density at radius 1 is 1.02 bits per heavy atom. The van der Waals surface area contributed by atoms with Gasteiger partial charge in [0.1, 0.15) is 5.60 Å². The average molecular weight is 607 g/mol. The van der Waals surface area contributed by atoms with E-state index in [9.17, 15) is 18.3 Å². The third kappa shape index (κ3) is 6.72. The Morgan fingerprint density at radius 3 is 2.49 bits per heavy atom. The van der Waals surface area contributed by atoms with Gasteiger partial charge >= 0.3 is 0 Å². The Balaban J connectivity index is 1.30. The number of aliphatic hydroxyl groups is 1. The zero-order chi connectivity index (χ0) is 29.9. The minimum Gasteiger partial charge on any atom is -0.385 e. The third-order valence-electron chi connectivity index (χ3n) is 9.33. The summed E-state index contributed by atoms with van der Waals surface area (Å²) >= 11 is 0. The zero-order valence-electron chi connectivity index (χ0n) is 24.6. The van der Waals surface area contributed by atoms with Crippen molar-refractivity contribution in [3.05, 3.63) is 78.2 Å². The van der Waals surface area contributed by atoms with Gasteiger partial charge in [-0.3, -0.25) is 4.79 Å². The molecule has 9 nitrogen and oxygen atoms in total. The Bertz CT molecular complexity index is 1480. The number of rotatable bonds is 8. The Kier molecular flexibility index (Phi) is 9.00. The molecule has 1 aliphatic carbocycles. The first kappa shape index (κ1) is 30.0. The van der Waals surface area contributed by atoms with Crippen LogP contribution in [0.15, 0.2) is 67.0 Å². The van der Waals surface area contributed by atoms with Gasteiger partial charge in [-0.25, -0.2) is 13.4 Å². The lowest BCUT2D eigenvalue weighted by Crippen LogP contribution is -2.54. The minimum absolute atomic E-state index is 0.00301. The SMILES string of the molecule is O=C(c1ncn([C@H]2CCCC[C@]2(O)COC2CCS(=O)(=O)CC2)c1-c1ccccc1)N1CCNC[C@H]1Cc1ccccc1. The third-order valence-corrected chi connectivity index (χ3v) is 11.0. The van der Waals surface area contributed by atoms with Crippen LogP contribution in [-0.2, 0) is 21.0 Å². The highest BCUT2D eigenvalue weighted by atomic mass is 32.2. The molecule has 3 atom stereocenters. The summed E-state index contributed by atoms with van der Waals surface area (Å²) in [6.45, 7) is 2.15. The van der Waals surface area contributed by atoms with Crippen LogP contribution in [0.4, 0.5) is 0 Å². The second kappa shape index (κ2) is 12.9. The second-order valence-corrected chi connectivity index (χ2v) is 14.6. The summed E-state index contributed by atoms with van der Waals surface area (Å²) in [7, 11) is -3.00. The fourth-order valence-electron chi connectivity index (χ4n) is 6.94. The van der Waals surface area contributed by atoms with Crippen molar-refractivity contribution >= 4 is 15.7 Å². The number of piperazine rings is 1. The van der Waals surface area contributed by atoms with Crippen LogP contribution in [0.1, 0.15) is 60.6 Å². The van der Waals surface area contributed by atoms with Gasteiger partial charge in [0.25, 0.3) is 5.91 Å². The van der Waals surface area contributed by atoms with Crippen LogP contribution < -0.4 is 5.32 Å². The van der Waals surface area contributed by atoms with Crippen molar-refractivity contribution < 1.29 is 23.1 Å². The Morgan fingerprint density at radius 2 is 1.74 bits per heavy atom. The van der Waals surface area contributed by atoms with Crippen LogP contribution in [0.25, 0.3) is 11.3 Å². The number of sulfone groups is 1. The molecule has 3 aromatic rings. The number of carbonyl (C=O) groups excluding carboxylic acids is 1. The summed E-state index contributed by atoms with van der Waals surface area (Å²) in [4.78, 5) is 21.0. The van der Waals surface area contributed by atoms with Gasteiger partial charge in [0.05, 0.1) is 42.3 Å². The highest BCUT2D eigenvalue weighted by molar-refractivity contribution is 7.91. The summed E-state index contributed by atoms with van der Waals surface area (Å²) in [5.41, 5.74) is 2.02. The van der Waals surface area contributed by atoms with Gasteiger partial charge in [-0.15, -0.1) is 0 Å². The van der Waals surface area contributed by atoms with E-state index in [1.807, 2.05) is 58.0 Å². The molecule has 2 saturated heterocycles. The maximum atomic E-state index is 14.3. The summed E-state index contributed by atoms with van der Waals surface area (Å²) in [5, 5.41) is 15.5. The van der Waals surface area contributed by atoms with E-state index in [4.69, 9.17) is 9.72 Å². The molecule has 1 saturated carbocycles. The van der Waals surface area contributed by atoms with E-state index >= 15 is 0 Å². The first-order valence-corrected chi connectivity index (χ1v) is 17.4. The first-order chi connectivity index (χ1) is 20.8. The molecule has 3 heterocycles. The molecule has 2 aromatic carbocycles. The molecule has 43 heavy (non-hydrogen) atoms. The van der Waals surface area contributed by atoms with E-state index in [1.54, 1.807) is 6.33 Å². The summed E-state index contributed by atoms with van der Waals surface area (Å²) < 4.78 is 32.0. The second-order valence-electron chi connectivity index (χ2n) is 12.3. The summed E-state index contributed by atoms with van der Waals surface area (Å²) in [5.74, 6) is 0.156. The van der Waals surface area contributed by atoms with Crippen LogP contribution in [0.3, 0.4) is 0 Å². The number of amides is 1. The average Bonchev–Trinajstić information content (AvgIpc) is 3.46.